The quantitative estimate of drug-likeness (QED) is 0.0297. The summed E-state index contributed by atoms with van der Waals surface area (Å²) >= 11 is 0. The Labute approximate surface area is 390 Å². The predicted molar refractivity (Wildman–Crippen MR) is 249 cm³/mol. The summed E-state index contributed by atoms with van der Waals surface area (Å²) in [6.45, 7) is 4.65. The van der Waals surface area contributed by atoms with Gasteiger partial charge in [0.15, 0.2) is 0 Å². The number of oxime groups is 1. The Hall–Kier alpha value is -6.13. The van der Waals surface area contributed by atoms with Crippen molar-refractivity contribution in [3.05, 3.63) is 160 Å². The molecule has 356 valence electrons. The van der Waals surface area contributed by atoms with Crippen LogP contribution < -0.4 is 9.47 Å². The molecule has 0 unspecified atom stereocenters. The van der Waals surface area contributed by atoms with Crippen LogP contribution in [0.1, 0.15) is 73.1 Å². The SMILES string of the molecule is C=CCO[C@@]12Oc3ccc(OCc4ccccc4F)cc3[C@H]3[C@H](CCCCO)[C@@H](CCCCO)C=C(C(=NOCc4ccc([N+](=O)[O-])cc4)C[C@@H]1N(C)C(=O)OCCOCc1ccccc1)[C@H]32. The third-order valence-corrected chi connectivity index (χ3v) is 12.9. The molecule has 0 spiro atoms. The number of likely N-dealkylation sites (N-methyl/N-ethyl adjacent to an activating group) is 1. The summed E-state index contributed by atoms with van der Waals surface area (Å²) in [7, 11) is 1.65. The number of carbonyl (C=O) groups excluding carboxylic acids is 1. The van der Waals surface area contributed by atoms with Crippen LogP contribution in [0.2, 0.25) is 0 Å². The first kappa shape index (κ1) is 48.8. The number of unbranched alkanes of at least 4 members (excludes halogenated alkanes) is 2. The molecule has 4 aromatic carbocycles. The number of ether oxygens (including phenoxy) is 5. The molecule has 0 bridgehead atoms. The molecule has 1 amide bonds. The van der Waals surface area contributed by atoms with Crippen LogP contribution in [-0.4, -0.2) is 83.8 Å². The molecular formula is C52H60FN3O11. The van der Waals surface area contributed by atoms with E-state index in [1.54, 1.807) is 49.5 Å². The number of allylic oxidation sites excluding steroid dienone is 1. The van der Waals surface area contributed by atoms with Crippen LogP contribution in [-0.2, 0) is 38.9 Å². The summed E-state index contributed by atoms with van der Waals surface area (Å²) in [6, 6.07) is 26.9. The summed E-state index contributed by atoms with van der Waals surface area (Å²) in [6.07, 6.45) is 7.52. The number of nitrogens with zero attached hydrogens (tertiary/aromatic N) is 3. The highest BCUT2D eigenvalue weighted by atomic mass is 19.1. The molecule has 0 aromatic heterocycles. The number of rotatable bonds is 24. The molecule has 4 aromatic rings. The third-order valence-electron chi connectivity index (χ3n) is 12.9. The average molecular weight is 922 g/mol. The average Bonchev–Trinajstić information content (AvgIpc) is 3.34. The number of non-ortho nitro benzene ring substituents is 1. The molecule has 6 atom stereocenters. The zero-order valence-corrected chi connectivity index (χ0v) is 37.9. The van der Waals surface area contributed by atoms with Crippen LogP contribution in [0.15, 0.2) is 127 Å². The van der Waals surface area contributed by atoms with Gasteiger partial charge in [-0.05, 0) is 90.6 Å². The van der Waals surface area contributed by atoms with Gasteiger partial charge in [-0.1, -0.05) is 78.7 Å². The van der Waals surface area contributed by atoms with Gasteiger partial charge in [0.25, 0.3) is 5.69 Å². The van der Waals surface area contributed by atoms with Crippen molar-refractivity contribution in [1.82, 2.24) is 4.90 Å². The second-order valence-electron chi connectivity index (χ2n) is 17.1. The van der Waals surface area contributed by atoms with E-state index in [1.165, 1.54) is 23.1 Å². The number of fused-ring (bicyclic) bond motifs is 2. The number of hydrogen-bond donors (Lipinski definition) is 2. The molecular weight excluding hydrogens is 862 g/mol. The van der Waals surface area contributed by atoms with Gasteiger partial charge in [0.2, 0.25) is 5.79 Å². The standard InChI is InChI=1S/C52H60FN3O11/c1-3-27-65-52-48(55(2)51(59)63-29-28-62-33-36-13-5-4-6-14-36)32-46(54-66-34-37-19-21-40(22-20-37)56(60)61)43-30-38(15-9-11-25-57)42(17-10-12-26-58)49(50(43)52)44-31-41(23-24-47(44)67-52)64-35-39-16-7-8-18-45(39)53/h3-8,13-14,16,18-24,30-31,38,42,48-50,57-58H,1,9-12,15,17,25-29,32-35H2,2H3/t38-,42+,48-,49+,50+,52+/m0/s1. The van der Waals surface area contributed by atoms with Crippen molar-refractivity contribution in [2.24, 2.45) is 22.9 Å². The molecule has 7 rings (SSSR count). The number of nitro groups is 1. The van der Waals surface area contributed by atoms with Crippen molar-refractivity contribution in [1.29, 1.82) is 0 Å². The molecule has 1 heterocycles. The zero-order valence-electron chi connectivity index (χ0n) is 37.9. The monoisotopic (exact) mass is 921 g/mol. The van der Waals surface area contributed by atoms with Crippen molar-refractivity contribution in [2.75, 3.05) is 40.1 Å². The van der Waals surface area contributed by atoms with E-state index in [0.29, 0.717) is 47.8 Å². The Bertz CT molecular complexity index is 2340. The Kier molecular flexibility index (Phi) is 17.1. The van der Waals surface area contributed by atoms with E-state index in [0.717, 1.165) is 42.4 Å². The van der Waals surface area contributed by atoms with Gasteiger partial charge in [0.05, 0.1) is 36.4 Å². The molecule has 3 aliphatic rings. The molecule has 1 aliphatic heterocycles. The fourth-order valence-corrected chi connectivity index (χ4v) is 9.67. The van der Waals surface area contributed by atoms with Gasteiger partial charge in [-0.15, -0.1) is 6.58 Å². The van der Waals surface area contributed by atoms with Gasteiger partial charge in [0, 0.05) is 55.9 Å². The second kappa shape index (κ2) is 23.5. The minimum atomic E-state index is -1.52. The summed E-state index contributed by atoms with van der Waals surface area (Å²) in [4.78, 5) is 32.7. The molecule has 14 nitrogen and oxygen atoms in total. The van der Waals surface area contributed by atoms with Crippen LogP contribution in [0, 0.1) is 33.7 Å². The highest BCUT2D eigenvalue weighted by molar-refractivity contribution is 6.03. The molecule has 0 radical (unpaired) electrons. The number of carbonyl (C=O) groups is 1. The predicted octanol–water partition coefficient (Wildman–Crippen LogP) is 9.43. The van der Waals surface area contributed by atoms with Crippen LogP contribution >= 0.6 is 0 Å². The number of aliphatic hydroxyl groups is 2. The van der Waals surface area contributed by atoms with E-state index >= 15 is 0 Å². The Balaban J connectivity index is 1.31. The fraction of sp³-hybridized carbons (Fsp3) is 0.423. The Morgan fingerprint density at radius 1 is 0.940 bits per heavy atom. The van der Waals surface area contributed by atoms with E-state index in [-0.39, 0.29) is 81.9 Å². The smallest absolute Gasteiger partial charge is 0.410 e. The highest BCUT2D eigenvalue weighted by Gasteiger charge is 2.65. The Morgan fingerprint density at radius 3 is 2.40 bits per heavy atom. The molecule has 2 aliphatic carbocycles. The normalized spacial score (nSPS) is 22.1. The lowest BCUT2D eigenvalue weighted by molar-refractivity contribution is -0.384. The summed E-state index contributed by atoms with van der Waals surface area (Å²) < 4.78 is 46.9. The molecule has 15 heteroatoms. The van der Waals surface area contributed by atoms with Crippen molar-refractivity contribution >= 4 is 17.5 Å². The lowest BCUT2D eigenvalue weighted by Crippen LogP contribution is -2.69. The molecule has 1 saturated carbocycles. The number of hydrogen-bond acceptors (Lipinski definition) is 12. The molecule has 2 N–H and O–H groups in total. The van der Waals surface area contributed by atoms with Crippen molar-refractivity contribution < 1.29 is 52.8 Å². The van der Waals surface area contributed by atoms with E-state index in [2.05, 4.69) is 12.7 Å². The lowest BCUT2D eigenvalue weighted by atomic mass is 9.55. The van der Waals surface area contributed by atoms with Gasteiger partial charge in [-0.3, -0.25) is 10.1 Å². The number of halogens is 1. The first-order valence-corrected chi connectivity index (χ1v) is 23.0. The minimum Gasteiger partial charge on any atom is -0.489 e. The van der Waals surface area contributed by atoms with Crippen LogP contribution in [0.4, 0.5) is 14.9 Å². The number of benzene rings is 4. The largest absolute Gasteiger partial charge is 0.489 e. The van der Waals surface area contributed by atoms with Gasteiger partial charge < -0.3 is 43.6 Å². The topological polar surface area (TPSA) is 172 Å². The second-order valence-corrected chi connectivity index (χ2v) is 17.1. The summed E-state index contributed by atoms with van der Waals surface area (Å²) in [5, 5.41) is 36.0. The maximum Gasteiger partial charge on any atom is 0.410 e. The first-order valence-electron chi connectivity index (χ1n) is 23.0. The van der Waals surface area contributed by atoms with Gasteiger partial charge in [-0.25, -0.2) is 9.18 Å². The van der Waals surface area contributed by atoms with Gasteiger partial charge in [-0.2, -0.15) is 0 Å². The van der Waals surface area contributed by atoms with Gasteiger partial charge >= 0.3 is 6.09 Å². The summed E-state index contributed by atoms with van der Waals surface area (Å²) in [5.74, 6) is -1.85. The van der Waals surface area contributed by atoms with Crippen molar-refractivity contribution in [2.45, 2.75) is 82.5 Å². The van der Waals surface area contributed by atoms with E-state index in [1.807, 2.05) is 42.5 Å². The molecule has 0 saturated heterocycles. The summed E-state index contributed by atoms with van der Waals surface area (Å²) in [5.41, 5.74) is 4.24. The number of nitro benzene ring substituents is 1. The van der Waals surface area contributed by atoms with Crippen LogP contribution in [0.25, 0.3) is 0 Å². The number of amides is 1. The van der Waals surface area contributed by atoms with Crippen molar-refractivity contribution in [3.63, 3.8) is 0 Å². The van der Waals surface area contributed by atoms with Crippen molar-refractivity contribution in [3.8, 4) is 11.5 Å². The minimum absolute atomic E-state index is 0.00313. The van der Waals surface area contributed by atoms with E-state index < -0.39 is 28.8 Å². The third kappa shape index (κ3) is 11.7. The van der Waals surface area contributed by atoms with E-state index in [4.69, 9.17) is 33.7 Å². The highest BCUT2D eigenvalue weighted by Crippen LogP contribution is 2.62. The fourth-order valence-electron chi connectivity index (χ4n) is 9.67. The maximum absolute atomic E-state index is 14.8. The first-order chi connectivity index (χ1) is 32.7. The molecule has 67 heavy (non-hydrogen) atoms. The molecule has 1 fully saturated rings. The maximum atomic E-state index is 14.8. The number of aliphatic hydroxyl groups excluding tert-OH is 2. The van der Waals surface area contributed by atoms with Crippen LogP contribution in [0.3, 0.4) is 0 Å². The lowest BCUT2D eigenvalue weighted by Gasteiger charge is -2.59. The van der Waals surface area contributed by atoms with E-state index in [9.17, 15) is 29.5 Å². The zero-order chi connectivity index (χ0) is 47.2. The van der Waals surface area contributed by atoms with Crippen LogP contribution in [0.5, 0.6) is 11.5 Å². The Morgan fingerprint density at radius 2 is 1.67 bits per heavy atom. The van der Waals surface area contributed by atoms with Gasteiger partial charge in [0.1, 0.15) is 43.2 Å².